The van der Waals surface area contributed by atoms with E-state index in [-0.39, 0.29) is 5.56 Å². The maximum absolute atomic E-state index is 12.1. The van der Waals surface area contributed by atoms with Crippen LogP contribution in [-0.2, 0) is 13.0 Å². The second kappa shape index (κ2) is 6.39. The molecule has 1 aliphatic rings. The number of quaternary nitrogens is 1. The van der Waals surface area contributed by atoms with E-state index >= 15 is 0 Å². The highest BCUT2D eigenvalue weighted by atomic mass is 32.1. The van der Waals surface area contributed by atoms with Gasteiger partial charge in [0.15, 0.2) is 0 Å². The van der Waals surface area contributed by atoms with Gasteiger partial charge in [0.2, 0.25) is 0 Å². The number of carbonyl (C=O) groups is 2. The van der Waals surface area contributed by atoms with Crippen molar-refractivity contribution in [3.8, 4) is 0 Å². The van der Waals surface area contributed by atoms with Gasteiger partial charge in [0.05, 0.1) is 24.4 Å². The number of aromatic carboxylic acids is 1. The summed E-state index contributed by atoms with van der Waals surface area (Å²) in [5, 5.41) is 17.2. The number of urea groups is 1. The third kappa shape index (κ3) is 3.35. The number of rotatable bonds is 3. The molecule has 0 bridgehead atoms. The summed E-state index contributed by atoms with van der Waals surface area (Å²) in [7, 11) is 2.07. The van der Waals surface area contributed by atoms with Gasteiger partial charge in [0, 0.05) is 17.7 Å². The third-order valence-electron chi connectivity index (χ3n) is 3.82. The third-order valence-corrected chi connectivity index (χ3v) is 4.97. The van der Waals surface area contributed by atoms with Crippen LogP contribution in [0.3, 0.4) is 0 Å². The largest absolute Gasteiger partial charge is 0.545 e. The molecule has 1 aromatic heterocycles. The number of anilines is 2. The Bertz CT molecular complexity index is 743. The number of amides is 2. The number of carboxylic acids is 1. The van der Waals surface area contributed by atoms with Crippen molar-refractivity contribution in [1.82, 2.24) is 0 Å². The molecule has 2 amide bonds. The van der Waals surface area contributed by atoms with Crippen LogP contribution < -0.4 is 20.6 Å². The average Bonchev–Trinajstić information content (AvgIpc) is 2.84. The summed E-state index contributed by atoms with van der Waals surface area (Å²) in [5.74, 6) is -1.24. The van der Waals surface area contributed by atoms with Gasteiger partial charge in [-0.1, -0.05) is 18.2 Å². The van der Waals surface area contributed by atoms with Crippen LogP contribution in [-0.4, -0.2) is 25.6 Å². The molecule has 0 saturated heterocycles. The van der Waals surface area contributed by atoms with Crippen LogP contribution in [0.15, 0.2) is 30.3 Å². The van der Waals surface area contributed by atoms with E-state index in [2.05, 4.69) is 17.7 Å². The van der Waals surface area contributed by atoms with Gasteiger partial charge in [-0.25, -0.2) is 4.79 Å². The number of para-hydroxylation sites is 1. The summed E-state index contributed by atoms with van der Waals surface area (Å²) >= 11 is 1.32. The lowest BCUT2D eigenvalue weighted by Gasteiger charge is -2.20. The maximum Gasteiger partial charge on any atom is 0.324 e. The zero-order chi connectivity index (χ0) is 16.4. The van der Waals surface area contributed by atoms with Crippen molar-refractivity contribution < 1.29 is 19.6 Å². The summed E-state index contributed by atoms with van der Waals surface area (Å²) in [4.78, 5) is 25.9. The Hall–Kier alpha value is -2.38. The Balaban J connectivity index is 1.82. The smallest absolute Gasteiger partial charge is 0.324 e. The van der Waals surface area contributed by atoms with Gasteiger partial charge in [0.25, 0.3) is 0 Å². The summed E-state index contributed by atoms with van der Waals surface area (Å²) in [6, 6.07) is 8.53. The van der Waals surface area contributed by atoms with Crippen LogP contribution >= 0.6 is 11.3 Å². The molecule has 1 aliphatic heterocycles. The van der Waals surface area contributed by atoms with Gasteiger partial charge in [-0.3, -0.25) is 5.32 Å². The number of carboxylic acid groups (broad SMARTS) is 1. The normalized spacial score (nSPS) is 16.5. The molecule has 0 fully saturated rings. The summed E-state index contributed by atoms with van der Waals surface area (Å²) in [6.45, 7) is 1.64. The topological polar surface area (TPSA) is 85.7 Å². The number of fused-ring (bicyclic) bond motifs is 1. The molecule has 0 aliphatic carbocycles. The number of hydrogen-bond donors (Lipinski definition) is 3. The van der Waals surface area contributed by atoms with E-state index in [1.54, 1.807) is 12.1 Å². The molecular formula is C16H17N3O3S. The van der Waals surface area contributed by atoms with Crippen molar-refractivity contribution in [2.75, 3.05) is 24.2 Å². The van der Waals surface area contributed by atoms with E-state index in [0.717, 1.165) is 23.5 Å². The van der Waals surface area contributed by atoms with Crippen LogP contribution in [0.1, 0.15) is 20.8 Å². The molecule has 0 radical (unpaired) electrons. The fourth-order valence-corrected chi connectivity index (χ4v) is 4.06. The quantitative estimate of drug-likeness (QED) is 0.757. The average molecular weight is 331 g/mol. The zero-order valence-electron chi connectivity index (χ0n) is 12.6. The van der Waals surface area contributed by atoms with Crippen LogP contribution in [0.5, 0.6) is 0 Å². The molecule has 7 heteroatoms. The Morgan fingerprint density at radius 2 is 1.96 bits per heavy atom. The van der Waals surface area contributed by atoms with Crippen LogP contribution in [0, 0.1) is 0 Å². The molecule has 120 valence electrons. The van der Waals surface area contributed by atoms with Gasteiger partial charge >= 0.3 is 6.03 Å². The molecule has 3 rings (SSSR count). The molecule has 3 N–H and O–H groups in total. The van der Waals surface area contributed by atoms with Crippen LogP contribution in [0.25, 0.3) is 0 Å². The Labute approximate surface area is 137 Å². The SMILES string of the molecule is C[NH+]1CCc2c(sc(NC(=O)Nc3ccccc3)c2C(=O)[O-])C1. The first kappa shape index (κ1) is 15.5. The predicted octanol–water partition coefficient (Wildman–Crippen LogP) is 0.326. The van der Waals surface area contributed by atoms with Crippen molar-refractivity contribution in [2.24, 2.45) is 0 Å². The lowest BCUT2D eigenvalue weighted by atomic mass is 10.0. The molecule has 2 aromatic rings. The number of likely N-dealkylation sites (N-methyl/N-ethyl adjacent to an activating group) is 1. The van der Waals surface area contributed by atoms with Gasteiger partial charge in [0.1, 0.15) is 11.5 Å². The molecular weight excluding hydrogens is 314 g/mol. The summed E-state index contributed by atoms with van der Waals surface area (Å²) < 4.78 is 0. The number of nitrogens with one attached hydrogen (secondary N) is 3. The van der Waals surface area contributed by atoms with Gasteiger partial charge < -0.3 is 20.1 Å². The summed E-state index contributed by atoms with van der Waals surface area (Å²) in [5.41, 5.74) is 1.57. The highest BCUT2D eigenvalue weighted by Crippen LogP contribution is 2.34. The van der Waals surface area contributed by atoms with Crippen molar-refractivity contribution in [3.05, 3.63) is 46.3 Å². The van der Waals surface area contributed by atoms with Gasteiger partial charge in [-0.2, -0.15) is 0 Å². The number of thiophene rings is 1. The van der Waals surface area contributed by atoms with Gasteiger partial charge in [-0.05, 0) is 17.7 Å². The first-order valence-corrected chi connectivity index (χ1v) is 8.16. The van der Waals surface area contributed by atoms with Crippen LogP contribution in [0.4, 0.5) is 15.5 Å². The minimum atomic E-state index is -1.24. The van der Waals surface area contributed by atoms with E-state index in [9.17, 15) is 14.7 Å². The second-order valence-electron chi connectivity index (χ2n) is 5.57. The molecule has 1 aromatic carbocycles. The van der Waals surface area contributed by atoms with E-state index in [4.69, 9.17) is 0 Å². The molecule has 23 heavy (non-hydrogen) atoms. The number of carbonyl (C=O) groups excluding carboxylic acids is 2. The van der Waals surface area contributed by atoms with E-state index < -0.39 is 12.0 Å². The second-order valence-corrected chi connectivity index (χ2v) is 6.68. The predicted molar refractivity (Wildman–Crippen MR) is 86.9 cm³/mol. The Morgan fingerprint density at radius 3 is 2.65 bits per heavy atom. The van der Waals surface area contributed by atoms with Crippen LogP contribution in [0.2, 0.25) is 0 Å². The van der Waals surface area contributed by atoms with E-state index in [1.807, 2.05) is 18.2 Å². The lowest BCUT2D eigenvalue weighted by Crippen LogP contribution is -3.08. The Kier molecular flexibility index (Phi) is 4.31. The zero-order valence-corrected chi connectivity index (χ0v) is 13.5. The fourth-order valence-electron chi connectivity index (χ4n) is 2.71. The molecule has 0 spiro atoms. The number of hydrogen-bond acceptors (Lipinski definition) is 4. The summed E-state index contributed by atoms with van der Waals surface area (Å²) in [6.07, 6.45) is 0.683. The van der Waals surface area contributed by atoms with Crippen molar-refractivity contribution in [1.29, 1.82) is 0 Å². The van der Waals surface area contributed by atoms with Crippen molar-refractivity contribution in [3.63, 3.8) is 0 Å². The highest BCUT2D eigenvalue weighted by Gasteiger charge is 2.26. The minimum absolute atomic E-state index is 0.126. The van der Waals surface area contributed by atoms with Gasteiger partial charge in [-0.15, -0.1) is 11.3 Å². The van der Waals surface area contributed by atoms with Crippen molar-refractivity contribution >= 4 is 34.0 Å². The fraction of sp³-hybridized carbons (Fsp3) is 0.250. The maximum atomic E-state index is 12.1. The lowest BCUT2D eigenvalue weighted by molar-refractivity contribution is -0.895. The number of benzene rings is 1. The molecule has 1 unspecified atom stereocenters. The monoisotopic (exact) mass is 331 g/mol. The first-order chi connectivity index (χ1) is 11.0. The van der Waals surface area contributed by atoms with E-state index in [0.29, 0.717) is 17.1 Å². The molecule has 2 heterocycles. The van der Waals surface area contributed by atoms with E-state index in [1.165, 1.54) is 16.2 Å². The Morgan fingerprint density at radius 1 is 1.22 bits per heavy atom. The molecule has 0 saturated carbocycles. The van der Waals surface area contributed by atoms with Crippen molar-refractivity contribution in [2.45, 2.75) is 13.0 Å². The molecule has 6 nitrogen and oxygen atoms in total. The molecule has 1 atom stereocenters. The standard InChI is InChI=1S/C16H17N3O3S/c1-19-8-7-11-12(9-19)23-14(13(11)15(20)21)18-16(22)17-10-5-3-2-4-6-10/h2-6H,7-9H2,1H3,(H,20,21)(H2,17,18,22). The highest BCUT2D eigenvalue weighted by molar-refractivity contribution is 7.17. The minimum Gasteiger partial charge on any atom is -0.545 e. The first-order valence-electron chi connectivity index (χ1n) is 7.35.